The van der Waals surface area contributed by atoms with Gasteiger partial charge in [0.25, 0.3) is 0 Å². The second-order valence-corrected chi connectivity index (χ2v) is 4.74. The minimum atomic E-state index is -0.384. The Kier molecular flexibility index (Phi) is 2.80. The molecule has 2 heterocycles. The van der Waals surface area contributed by atoms with Gasteiger partial charge in [0.1, 0.15) is 16.9 Å². The van der Waals surface area contributed by atoms with Gasteiger partial charge in [-0.2, -0.15) is 9.97 Å². The maximum atomic E-state index is 13.1. The largest absolute Gasteiger partial charge is 0.423 e. The Morgan fingerprint density at radius 1 is 0.955 bits per heavy atom. The fourth-order valence-electron chi connectivity index (χ4n) is 2.17. The first-order chi connectivity index (χ1) is 10.7. The van der Waals surface area contributed by atoms with Gasteiger partial charge < -0.3 is 13.9 Å². The predicted molar refractivity (Wildman–Crippen MR) is 77.2 cm³/mol. The third-order valence-corrected chi connectivity index (χ3v) is 3.20. The molecule has 6 nitrogen and oxygen atoms in total. The van der Waals surface area contributed by atoms with Crippen LogP contribution in [0.25, 0.3) is 22.2 Å². The number of hydrogen-bond donors (Lipinski definition) is 2. The standard InChI is InChI=1S/C15H10FN3O3/c16-9-2-4-13-11(6-9)18-15(22-13)19-14-17-10-5-8(7-20)1-3-12(10)21-14/h1-6,20H,7H2,(H,17,18,19). The molecular formula is C15H10FN3O3. The molecule has 7 heteroatoms. The Hall–Kier alpha value is -2.93. The zero-order chi connectivity index (χ0) is 15.1. The second kappa shape index (κ2) is 4.81. The molecule has 0 amide bonds. The number of halogens is 1. The highest BCUT2D eigenvalue weighted by molar-refractivity contribution is 5.77. The van der Waals surface area contributed by atoms with E-state index < -0.39 is 0 Å². The van der Waals surface area contributed by atoms with Crippen LogP contribution >= 0.6 is 0 Å². The number of benzene rings is 2. The number of oxazole rings is 2. The van der Waals surface area contributed by atoms with Crippen LogP contribution in [-0.2, 0) is 6.61 Å². The number of aliphatic hydroxyl groups is 1. The van der Waals surface area contributed by atoms with Crippen LogP contribution in [0.15, 0.2) is 45.2 Å². The van der Waals surface area contributed by atoms with Gasteiger partial charge in [-0.1, -0.05) is 6.07 Å². The van der Waals surface area contributed by atoms with E-state index in [1.165, 1.54) is 18.2 Å². The first kappa shape index (κ1) is 12.8. The number of anilines is 2. The third kappa shape index (κ3) is 2.17. The molecule has 4 aromatic rings. The van der Waals surface area contributed by atoms with Crippen molar-refractivity contribution in [1.82, 2.24) is 9.97 Å². The molecule has 0 atom stereocenters. The molecule has 0 spiro atoms. The third-order valence-electron chi connectivity index (χ3n) is 3.20. The molecule has 0 aliphatic rings. The fraction of sp³-hybridized carbons (Fsp3) is 0.0667. The van der Waals surface area contributed by atoms with Crippen LogP contribution in [0.3, 0.4) is 0 Å². The van der Waals surface area contributed by atoms with E-state index in [1.807, 2.05) is 0 Å². The van der Waals surface area contributed by atoms with E-state index in [0.717, 1.165) is 5.56 Å². The van der Waals surface area contributed by atoms with E-state index in [0.29, 0.717) is 22.2 Å². The van der Waals surface area contributed by atoms with Crippen molar-refractivity contribution >= 4 is 34.2 Å². The lowest BCUT2D eigenvalue weighted by atomic mass is 10.2. The summed E-state index contributed by atoms with van der Waals surface area (Å²) >= 11 is 0. The van der Waals surface area contributed by atoms with Crippen molar-refractivity contribution in [3.63, 3.8) is 0 Å². The predicted octanol–water partition coefficient (Wildman–Crippen LogP) is 3.34. The Balaban J connectivity index is 1.69. The lowest BCUT2D eigenvalue weighted by Crippen LogP contribution is -1.89. The minimum absolute atomic E-state index is 0.0672. The zero-order valence-electron chi connectivity index (χ0n) is 11.2. The van der Waals surface area contributed by atoms with E-state index in [-0.39, 0.29) is 24.5 Å². The molecule has 4 rings (SSSR count). The van der Waals surface area contributed by atoms with Gasteiger partial charge in [-0.25, -0.2) is 4.39 Å². The number of aliphatic hydroxyl groups excluding tert-OH is 1. The van der Waals surface area contributed by atoms with Gasteiger partial charge in [-0.3, -0.25) is 5.32 Å². The molecular weight excluding hydrogens is 289 g/mol. The van der Waals surface area contributed by atoms with Crippen molar-refractivity contribution in [3.05, 3.63) is 47.8 Å². The summed E-state index contributed by atoms with van der Waals surface area (Å²) in [5.41, 5.74) is 2.78. The summed E-state index contributed by atoms with van der Waals surface area (Å²) in [7, 11) is 0. The molecule has 0 unspecified atom stereocenters. The van der Waals surface area contributed by atoms with Gasteiger partial charge in [-0.05, 0) is 29.8 Å². The first-order valence-electron chi connectivity index (χ1n) is 6.55. The highest BCUT2D eigenvalue weighted by Gasteiger charge is 2.11. The van der Waals surface area contributed by atoms with Crippen molar-refractivity contribution in [3.8, 4) is 0 Å². The van der Waals surface area contributed by atoms with Crippen molar-refractivity contribution in [2.45, 2.75) is 6.61 Å². The quantitative estimate of drug-likeness (QED) is 0.603. The van der Waals surface area contributed by atoms with Crippen LogP contribution < -0.4 is 5.32 Å². The van der Waals surface area contributed by atoms with Gasteiger partial charge in [-0.15, -0.1) is 0 Å². The second-order valence-electron chi connectivity index (χ2n) is 4.74. The van der Waals surface area contributed by atoms with E-state index in [1.54, 1.807) is 18.2 Å². The highest BCUT2D eigenvalue weighted by Crippen LogP contribution is 2.25. The Morgan fingerprint density at radius 3 is 2.27 bits per heavy atom. The van der Waals surface area contributed by atoms with E-state index in [9.17, 15) is 4.39 Å². The number of nitrogens with one attached hydrogen (secondary N) is 1. The molecule has 22 heavy (non-hydrogen) atoms. The van der Waals surface area contributed by atoms with Crippen molar-refractivity contribution in [1.29, 1.82) is 0 Å². The maximum absolute atomic E-state index is 13.1. The summed E-state index contributed by atoms with van der Waals surface area (Å²) in [6.07, 6.45) is 0. The van der Waals surface area contributed by atoms with Crippen molar-refractivity contribution < 1.29 is 18.3 Å². The molecule has 0 aliphatic heterocycles. The number of aromatic nitrogens is 2. The molecule has 0 aliphatic carbocycles. The van der Waals surface area contributed by atoms with E-state index >= 15 is 0 Å². The average molecular weight is 299 g/mol. The lowest BCUT2D eigenvalue weighted by molar-refractivity contribution is 0.282. The smallest absolute Gasteiger partial charge is 0.303 e. The summed E-state index contributed by atoms with van der Waals surface area (Å²) in [6, 6.07) is 9.65. The van der Waals surface area contributed by atoms with Gasteiger partial charge >= 0.3 is 12.0 Å². The number of rotatable bonds is 3. The lowest BCUT2D eigenvalue weighted by Gasteiger charge is -1.92. The molecule has 2 aromatic heterocycles. The average Bonchev–Trinajstić information content (AvgIpc) is 3.08. The van der Waals surface area contributed by atoms with Crippen LogP contribution in [0, 0.1) is 5.82 Å². The highest BCUT2D eigenvalue weighted by atomic mass is 19.1. The van der Waals surface area contributed by atoms with E-state index in [4.69, 9.17) is 13.9 Å². The number of fused-ring (bicyclic) bond motifs is 2. The summed E-state index contributed by atoms with van der Waals surface area (Å²) in [5, 5.41) is 11.9. The molecule has 2 N–H and O–H groups in total. The number of hydrogen-bond acceptors (Lipinski definition) is 6. The molecule has 2 aromatic carbocycles. The summed E-state index contributed by atoms with van der Waals surface area (Å²) in [4.78, 5) is 8.36. The van der Waals surface area contributed by atoms with Crippen LogP contribution in [0.4, 0.5) is 16.4 Å². The maximum Gasteiger partial charge on any atom is 0.303 e. The van der Waals surface area contributed by atoms with Crippen LogP contribution in [0.1, 0.15) is 5.56 Å². The zero-order valence-corrected chi connectivity index (χ0v) is 11.2. The molecule has 0 saturated carbocycles. The van der Waals surface area contributed by atoms with Crippen LogP contribution in [0.2, 0.25) is 0 Å². The fourth-order valence-corrected chi connectivity index (χ4v) is 2.17. The van der Waals surface area contributed by atoms with Crippen molar-refractivity contribution in [2.24, 2.45) is 0 Å². The van der Waals surface area contributed by atoms with Gasteiger partial charge in [0.05, 0.1) is 6.61 Å². The minimum Gasteiger partial charge on any atom is -0.423 e. The molecule has 0 fully saturated rings. The SMILES string of the molecule is OCc1ccc2oc(Nc3nc4cc(F)ccc4o3)nc2c1. The topological polar surface area (TPSA) is 84.3 Å². The van der Waals surface area contributed by atoms with Gasteiger partial charge in [0.15, 0.2) is 11.2 Å². The van der Waals surface area contributed by atoms with E-state index in [2.05, 4.69) is 15.3 Å². The summed E-state index contributed by atoms with van der Waals surface area (Å²) in [6.45, 7) is -0.0672. The monoisotopic (exact) mass is 299 g/mol. The molecule has 0 bridgehead atoms. The Bertz CT molecular complexity index is 977. The Labute approximate surface area is 123 Å². The molecule has 0 radical (unpaired) electrons. The normalized spacial score (nSPS) is 11.4. The van der Waals surface area contributed by atoms with Crippen molar-refractivity contribution in [2.75, 3.05) is 5.32 Å². The molecule has 110 valence electrons. The van der Waals surface area contributed by atoms with Crippen LogP contribution in [0.5, 0.6) is 0 Å². The van der Waals surface area contributed by atoms with Gasteiger partial charge in [0, 0.05) is 6.07 Å². The summed E-state index contributed by atoms with van der Waals surface area (Å²) in [5.74, 6) is -0.384. The Morgan fingerprint density at radius 2 is 1.59 bits per heavy atom. The summed E-state index contributed by atoms with van der Waals surface area (Å²) < 4.78 is 24.1. The van der Waals surface area contributed by atoms with Crippen LogP contribution in [-0.4, -0.2) is 15.1 Å². The first-order valence-corrected chi connectivity index (χ1v) is 6.55. The molecule has 0 saturated heterocycles. The van der Waals surface area contributed by atoms with Gasteiger partial charge in [0.2, 0.25) is 0 Å². The number of nitrogens with zero attached hydrogens (tertiary/aromatic N) is 2.